The number of amides is 1. The zero-order valence-electron chi connectivity index (χ0n) is 16.2. The summed E-state index contributed by atoms with van der Waals surface area (Å²) in [5.41, 5.74) is 1.77. The molecule has 29 heavy (non-hydrogen) atoms. The van der Waals surface area contributed by atoms with E-state index in [1.807, 2.05) is 49.4 Å². The fourth-order valence-electron chi connectivity index (χ4n) is 3.01. The van der Waals surface area contributed by atoms with Gasteiger partial charge in [-0.05, 0) is 48.9 Å². The molecule has 3 aromatic rings. The summed E-state index contributed by atoms with van der Waals surface area (Å²) >= 11 is 0. The first kappa shape index (κ1) is 18.8. The first-order chi connectivity index (χ1) is 14.1. The van der Waals surface area contributed by atoms with Crippen molar-refractivity contribution in [3.05, 3.63) is 53.9 Å². The second-order valence-electron chi connectivity index (χ2n) is 6.64. The fourth-order valence-corrected chi connectivity index (χ4v) is 3.01. The van der Waals surface area contributed by atoms with Gasteiger partial charge in [-0.25, -0.2) is 0 Å². The van der Waals surface area contributed by atoms with Crippen molar-refractivity contribution < 1.29 is 23.5 Å². The van der Waals surface area contributed by atoms with E-state index in [1.165, 1.54) is 0 Å². The number of nitrogens with one attached hydrogen (secondary N) is 1. The minimum absolute atomic E-state index is 0.0978. The Bertz CT molecular complexity index is 1000. The summed E-state index contributed by atoms with van der Waals surface area (Å²) in [7, 11) is 1.61. The van der Waals surface area contributed by atoms with Crippen LogP contribution in [0.2, 0.25) is 0 Å². The van der Waals surface area contributed by atoms with Crippen LogP contribution in [0.4, 0.5) is 0 Å². The average Bonchev–Trinajstić information content (AvgIpc) is 3.41. The highest BCUT2D eigenvalue weighted by atomic mass is 16.7. The second-order valence-corrected chi connectivity index (χ2v) is 6.64. The van der Waals surface area contributed by atoms with Gasteiger partial charge in [0.1, 0.15) is 5.75 Å². The molecular formula is C21H21N3O5. The van der Waals surface area contributed by atoms with Crippen molar-refractivity contribution in [1.29, 1.82) is 0 Å². The summed E-state index contributed by atoms with van der Waals surface area (Å²) in [6.07, 6.45) is 0.613. The average molecular weight is 395 g/mol. The van der Waals surface area contributed by atoms with Crippen molar-refractivity contribution in [2.24, 2.45) is 0 Å². The Morgan fingerprint density at radius 3 is 2.76 bits per heavy atom. The highest BCUT2D eigenvalue weighted by Gasteiger charge is 2.17. The number of aryl methyl sites for hydroxylation is 1. The SMILES string of the molecule is COc1ccc(-c2noc(CCC(=O)N[C@@H](C)c3ccc4c(c3)OCO4)n2)cc1. The van der Waals surface area contributed by atoms with Gasteiger partial charge in [0.25, 0.3) is 0 Å². The van der Waals surface area contributed by atoms with Crippen LogP contribution in [-0.2, 0) is 11.2 Å². The van der Waals surface area contributed by atoms with Gasteiger partial charge >= 0.3 is 0 Å². The third-order valence-corrected chi connectivity index (χ3v) is 4.66. The Kier molecular flexibility index (Phi) is 5.33. The Labute approximate surface area is 167 Å². The Morgan fingerprint density at radius 2 is 1.97 bits per heavy atom. The molecule has 1 N–H and O–H groups in total. The van der Waals surface area contributed by atoms with Crippen LogP contribution in [0.15, 0.2) is 47.0 Å². The van der Waals surface area contributed by atoms with Crippen molar-refractivity contribution >= 4 is 5.91 Å². The van der Waals surface area contributed by atoms with E-state index < -0.39 is 0 Å². The maximum absolute atomic E-state index is 12.3. The monoisotopic (exact) mass is 395 g/mol. The van der Waals surface area contributed by atoms with Crippen molar-refractivity contribution in [3.63, 3.8) is 0 Å². The first-order valence-electron chi connectivity index (χ1n) is 9.28. The molecule has 0 radical (unpaired) electrons. The zero-order valence-corrected chi connectivity index (χ0v) is 16.2. The molecule has 4 rings (SSSR count). The second kappa shape index (κ2) is 8.22. The number of methoxy groups -OCH3 is 1. The van der Waals surface area contributed by atoms with Crippen LogP contribution in [0.1, 0.15) is 30.8 Å². The Hall–Kier alpha value is -3.55. The largest absolute Gasteiger partial charge is 0.497 e. The van der Waals surface area contributed by atoms with Crippen LogP contribution < -0.4 is 19.5 Å². The van der Waals surface area contributed by atoms with Gasteiger partial charge in [0.05, 0.1) is 13.2 Å². The van der Waals surface area contributed by atoms with Crippen LogP contribution in [0, 0.1) is 0 Å². The summed E-state index contributed by atoms with van der Waals surface area (Å²) in [4.78, 5) is 16.7. The van der Waals surface area contributed by atoms with Crippen LogP contribution >= 0.6 is 0 Å². The number of rotatable bonds is 7. The molecule has 2 heterocycles. The predicted octanol–water partition coefficient (Wildman–Crippen LogP) is 3.28. The number of nitrogens with zero attached hydrogens (tertiary/aromatic N) is 2. The standard InChI is InChI=1S/C21H21N3O5/c1-13(15-5-8-17-18(11-15)28-12-27-17)22-19(25)9-10-20-23-21(24-29-20)14-3-6-16(26-2)7-4-14/h3-8,11,13H,9-10,12H2,1-2H3,(H,22,25)/t13-/m0/s1. The van der Waals surface area contributed by atoms with Crippen LogP contribution in [0.25, 0.3) is 11.4 Å². The van der Waals surface area contributed by atoms with Crippen LogP contribution in [-0.4, -0.2) is 30.0 Å². The smallest absolute Gasteiger partial charge is 0.231 e. The number of hydrogen-bond donors (Lipinski definition) is 1. The number of carbonyl (C=O) groups is 1. The molecule has 0 bridgehead atoms. The van der Waals surface area contributed by atoms with Gasteiger partial charge in [0, 0.05) is 18.4 Å². The molecule has 1 aliphatic rings. The third kappa shape index (κ3) is 4.31. The van der Waals surface area contributed by atoms with Crippen molar-refractivity contribution in [1.82, 2.24) is 15.5 Å². The topological polar surface area (TPSA) is 95.7 Å². The van der Waals surface area contributed by atoms with Gasteiger partial charge in [-0.2, -0.15) is 4.98 Å². The normalized spacial score (nSPS) is 13.2. The number of hydrogen-bond acceptors (Lipinski definition) is 7. The highest BCUT2D eigenvalue weighted by Crippen LogP contribution is 2.34. The zero-order chi connectivity index (χ0) is 20.2. The van der Waals surface area contributed by atoms with Gasteiger partial charge in [-0.3, -0.25) is 4.79 Å². The van der Waals surface area contributed by atoms with E-state index in [4.69, 9.17) is 18.7 Å². The lowest BCUT2D eigenvalue weighted by Gasteiger charge is -2.14. The lowest BCUT2D eigenvalue weighted by atomic mass is 10.1. The lowest BCUT2D eigenvalue weighted by molar-refractivity contribution is -0.121. The van der Waals surface area contributed by atoms with Gasteiger partial charge < -0.3 is 24.1 Å². The molecule has 8 heteroatoms. The molecule has 0 fully saturated rings. The molecular weight excluding hydrogens is 374 g/mol. The molecule has 0 saturated carbocycles. The van der Waals surface area contributed by atoms with E-state index in [2.05, 4.69) is 15.5 Å². The van der Waals surface area contributed by atoms with Gasteiger partial charge in [-0.15, -0.1) is 0 Å². The first-order valence-corrected chi connectivity index (χ1v) is 9.28. The fraction of sp³-hybridized carbons (Fsp3) is 0.286. The molecule has 150 valence electrons. The van der Waals surface area contributed by atoms with E-state index in [1.54, 1.807) is 7.11 Å². The van der Waals surface area contributed by atoms with Crippen molar-refractivity contribution in [2.75, 3.05) is 13.9 Å². The van der Waals surface area contributed by atoms with Crippen LogP contribution in [0.3, 0.4) is 0 Å². The van der Waals surface area contributed by atoms with E-state index in [-0.39, 0.29) is 25.2 Å². The summed E-state index contributed by atoms with van der Waals surface area (Å²) in [6.45, 7) is 2.14. The van der Waals surface area contributed by atoms with Gasteiger partial charge in [0.15, 0.2) is 11.5 Å². The minimum atomic E-state index is -0.158. The molecule has 0 saturated heterocycles. The van der Waals surface area contributed by atoms with E-state index >= 15 is 0 Å². The summed E-state index contributed by atoms with van der Waals surface area (Å²) < 4.78 is 21.1. The van der Waals surface area contributed by atoms with Gasteiger partial charge in [0.2, 0.25) is 24.4 Å². The number of benzene rings is 2. The van der Waals surface area contributed by atoms with Crippen molar-refractivity contribution in [3.8, 4) is 28.6 Å². The van der Waals surface area contributed by atoms with E-state index in [9.17, 15) is 4.79 Å². The highest BCUT2D eigenvalue weighted by molar-refractivity contribution is 5.76. The van der Waals surface area contributed by atoms with Gasteiger partial charge in [-0.1, -0.05) is 11.2 Å². The van der Waals surface area contributed by atoms with E-state index in [0.717, 1.165) is 22.6 Å². The van der Waals surface area contributed by atoms with E-state index in [0.29, 0.717) is 23.9 Å². The lowest BCUT2D eigenvalue weighted by Crippen LogP contribution is -2.26. The third-order valence-electron chi connectivity index (χ3n) is 4.66. The molecule has 8 nitrogen and oxygen atoms in total. The molecule has 0 aliphatic carbocycles. The maximum atomic E-state index is 12.3. The summed E-state index contributed by atoms with van der Waals surface area (Å²) in [5, 5.41) is 6.95. The summed E-state index contributed by atoms with van der Waals surface area (Å²) in [5.74, 6) is 2.97. The molecule has 1 aliphatic heterocycles. The number of fused-ring (bicyclic) bond motifs is 1. The number of carbonyl (C=O) groups excluding carboxylic acids is 1. The quantitative estimate of drug-likeness (QED) is 0.656. The molecule has 1 atom stereocenters. The Morgan fingerprint density at radius 1 is 1.17 bits per heavy atom. The molecule has 0 spiro atoms. The molecule has 2 aromatic carbocycles. The minimum Gasteiger partial charge on any atom is -0.497 e. The summed E-state index contributed by atoms with van der Waals surface area (Å²) in [6, 6.07) is 12.9. The molecule has 1 amide bonds. The number of ether oxygens (including phenoxy) is 3. The predicted molar refractivity (Wildman–Crippen MR) is 104 cm³/mol. The molecule has 1 aromatic heterocycles. The number of aromatic nitrogens is 2. The Balaban J connectivity index is 1.31. The maximum Gasteiger partial charge on any atom is 0.231 e. The van der Waals surface area contributed by atoms with Crippen molar-refractivity contribution in [2.45, 2.75) is 25.8 Å². The van der Waals surface area contributed by atoms with Crippen LogP contribution in [0.5, 0.6) is 17.2 Å². The molecule has 0 unspecified atom stereocenters.